The monoisotopic (exact) mass is 248 g/mol. The molecule has 3 N–H and O–H groups in total. The van der Waals surface area contributed by atoms with Gasteiger partial charge in [-0.2, -0.15) is 13.2 Å². The predicted octanol–water partition coefficient (Wildman–Crippen LogP) is 1.30. The van der Waals surface area contributed by atoms with E-state index >= 15 is 0 Å². The summed E-state index contributed by atoms with van der Waals surface area (Å²) < 4.78 is 40.6. The Bertz CT molecular complexity index is 368. The number of nitrogens with one attached hydrogen (secondary N) is 1. The fraction of sp³-hybridized carbons (Fsp3) is 0.300. The quantitative estimate of drug-likeness (QED) is 0.479. The molecule has 0 radical (unpaired) electrons. The average Bonchev–Trinajstić information content (AvgIpc) is 2.29. The van der Waals surface area contributed by atoms with Crippen molar-refractivity contribution in [3.8, 4) is 0 Å². The van der Waals surface area contributed by atoms with Crippen molar-refractivity contribution in [1.29, 1.82) is 0 Å². The zero-order valence-corrected chi connectivity index (χ0v) is 8.70. The summed E-state index contributed by atoms with van der Waals surface area (Å²) in [5.41, 5.74) is 2.07. The first-order valence-electron chi connectivity index (χ1n) is 4.68. The number of benzene rings is 1. The number of rotatable bonds is 4. The molecular weight excluding hydrogens is 237 g/mol. The smallest absolute Gasteiger partial charge is 0.354 e. The highest BCUT2D eigenvalue weighted by Gasteiger charge is 2.31. The number of alkyl halides is 3. The molecule has 0 aliphatic rings. The summed E-state index contributed by atoms with van der Waals surface area (Å²) in [4.78, 5) is 11.3. The van der Waals surface area contributed by atoms with Gasteiger partial charge in [-0.3, -0.25) is 10.2 Å². The third kappa shape index (κ3) is 4.41. The molecule has 1 aromatic rings. The van der Waals surface area contributed by atoms with Gasteiger partial charge in [-0.25, -0.2) is 5.84 Å². The second-order valence-corrected chi connectivity index (χ2v) is 3.23. The third-order valence-corrected chi connectivity index (χ3v) is 1.90. The Labute approximate surface area is 95.5 Å². The van der Waals surface area contributed by atoms with Gasteiger partial charge in [0, 0.05) is 0 Å². The van der Waals surface area contributed by atoms with Gasteiger partial charge < -0.3 is 4.74 Å². The minimum atomic E-state index is -4.50. The maximum atomic E-state index is 12.0. The van der Waals surface area contributed by atoms with Crippen LogP contribution in [0.5, 0.6) is 0 Å². The number of halogens is 3. The molecule has 0 aliphatic carbocycles. The predicted molar refractivity (Wildman–Crippen MR) is 53.5 cm³/mol. The first-order chi connectivity index (χ1) is 7.94. The highest BCUT2D eigenvalue weighted by atomic mass is 19.4. The normalized spacial score (nSPS) is 13.2. The zero-order valence-electron chi connectivity index (χ0n) is 8.70. The number of carbonyl (C=O) groups is 1. The van der Waals surface area contributed by atoms with Crippen molar-refractivity contribution in [3.63, 3.8) is 0 Å². The van der Waals surface area contributed by atoms with Crippen molar-refractivity contribution in [2.45, 2.75) is 12.3 Å². The van der Waals surface area contributed by atoms with Crippen molar-refractivity contribution >= 4 is 5.91 Å². The summed E-state index contributed by atoms with van der Waals surface area (Å²) in [5, 5.41) is 0. The number of hydrazine groups is 1. The van der Waals surface area contributed by atoms with Crippen molar-refractivity contribution in [3.05, 3.63) is 35.9 Å². The van der Waals surface area contributed by atoms with Gasteiger partial charge in [0.1, 0.15) is 6.61 Å². The number of hydrogen-bond acceptors (Lipinski definition) is 3. The Morgan fingerprint density at radius 2 is 1.94 bits per heavy atom. The van der Waals surface area contributed by atoms with E-state index in [1.807, 2.05) is 0 Å². The van der Waals surface area contributed by atoms with Gasteiger partial charge in [0.05, 0.1) is 0 Å². The van der Waals surface area contributed by atoms with Gasteiger partial charge in [-0.15, -0.1) is 0 Å². The summed E-state index contributed by atoms with van der Waals surface area (Å²) in [5.74, 6) is 4.06. The van der Waals surface area contributed by atoms with Gasteiger partial charge in [0.2, 0.25) is 0 Å². The van der Waals surface area contributed by atoms with E-state index in [0.717, 1.165) is 0 Å². The van der Waals surface area contributed by atoms with Gasteiger partial charge in [-0.1, -0.05) is 30.3 Å². The number of ether oxygens (including phenoxy) is 1. The van der Waals surface area contributed by atoms with Crippen LogP contribution in [0.1, 0.15) is 11.7 Å². The lowest BCUT2D eigenvalue weighted by atomic mass is 10.1. The molecule has 1 atom stereocenters. The van der Waals surface area contributed by atoms with Crippen LogP contribution in [0.2, 0.25) is 0 Å². The molecule has 7 heteroatoms. The summed E-state index contributed by atoms with van der Waals surface area (Å²) in [6.07, 6.45) is -5.87. The standard InChI is InChI=1S/C10H11F3N2O2/c11-10(12,13)6-17-8(9(16)15-14)7-4-2-1-3-5-7/h1-5,8H,6,14H2,(H,15,16). The molecule has 1 aromatic carbocycles. The number of hydrogen-bond donors (Lipinski definition) is 2. The largest absolute Gasteiger partial charge is 0.411 e. The van der Waals surface area contributed by atoms with Crippen LogP contribution in [0, 0.1) is 0 Å². The van der Waals surface area contributed by atoms with Crippen LogP contribution in [0.25, 0.3) is 0 Å². The van der Waals surface area contributed by atoms with E-state index in [1.165, 1.54) is 12.1 Å². The molecule has 1 amide bonds. The molecule has 4 nitrogen and oxygen atoms in total. The molecule has 0 bridgehead atoms. The second-order valence-electron chi connectivity index (χ2n) is 3.23. The molecule has 1 unspecified atom stereocenters. The van der Waals surface area contributed by atoms with E-state index in [4.69, 9.17) is 5.84 Å². The Kier molecular flexibility index (Phi) is 4.47. The van der Waals surface area contributed by atoms with Crippen LogP contribution in [-0.4, -0.2) is 18.7 Å². The Morgan fingerprint density at radius 3 is 2.41 bits per heavy atom. The molecule has 1 rings (SSSR count). The van der Waals surface area contributed by atoms with Crippen LogP contribution in [0.4, 0.5) is 13.2 Å². The van der Waals surface area contributed by atoms with Crippen LogP contribution in [-0.2, 0) is 9.53 Å². The fourth-order valence-electron chi connectivity index (χ4n) is 1.20. The average molecular weight is 248 g/mol. The summed E-state index contributed by atoms with van der Waals surface area (Å²) in [6, 6.07) is 7.81. The lowest BCUT2D eigenvalue weighted by Crippen LogP contribution is -2.37. The molecule has 17 heavy (non-hydrogen) atoms. The summed E-state index contributed by atoms with van der Waals surface area (Å²) in [6.45, 7) is -1.51. The molecule has 0 saturated heterocycles. The highest BCUT2D eigenvalue weighted by Crippen LogP contribution is 2.22. The van der Waals surface area contributed by atoms with Crippen LogP contribution < -0.4 is 11.3 Å². The summed E-state index contributed by atoms with van der Waals surface area (Å²) in [7, 11) is 0. The van der Waals surface area contributed by atoms with Crippen molar-refractivity contribution in [1.82, 2.24) is 5.43 Å². The van der Waals surface area contributed by atoms with Gasteiger partial charge in [-0.05, 0) is 5.56 Å². The summed E-state index contributed by atoms with van der Waals surface area (Å²) >= 11 is 0. The highest BCUT2D eigenvalue weighted by molar-refractivity contribution is 5.81. The number of carbonyl (C=O) groups excluding carboxylic acids is 1. The lowest BCUT2D eigenvalue weighted by molar-refractivity contribution is -0.188. The van der Waals surface area contributed by atoms with E-state index in [9.17, 15) is 18.0 Å². The Balaban J connectivity index is 2.79. The van der Waals surface area contributed by atoms with E-state index < -0.39 is 24.8 Å². The van der Waals surface area contributed by atoms with E-state index in [1.54, 1.807) is 23.6 Å². The molecular formula is C10H11F3N2O2. The Morgan fingerprint density at radius 1 is 1.35 bits per heavy atom. The van der Waals surface area contributed by atoms with E-state index in [-0.39, 0.29) is 0 Å². The molecule has 0 heterocycles. The van der Waals surface area contributed by atoms with Crippen molar-refractivity contribution < 1.29 is 22.7 Å². The maximum Gasteiger partial charge on any atom is 0.411 e. The minimum Gasteiger partial charge on any atom is -0.354 e. The number of amides is 1. The molecule has 94 valence electrons. The zero-order chi connectivity index (χ0) is 12.9. The minimum absolute atomic E-state index is 0.305. The van der Waals surface area contributed by atoms with E-state index in [0.29, 0.717) is 5.56 Å². The molecule has 0 fully saturated rings. The molecule has 0 spiro atoms. The first-order valence-corrected chi connectivity index (χ1v) is 4.68. The molecule has 0 aromatic heterocycles. The molecule has 0 aliphatic heterocycles. The van der Waals surface area contributed by atoms with Gasteiger partial charge in [0.25, 0.3) is 5.91 Å². The van der Waals surface area contributed by atoms with Crippen LogP contribution in [0.3, 0.4) is 0 Å². The van der Waals surface area contributed by atoms with Gasteiger partial charge >= 0.3 is 6.18 Å². The van der Waals surface area contributed by atoms with Crippen molar-refractivity contribution in [2.24, 2.45) is 5.84 Å². The third-order valence-electron chi connectivity index (χ3n) is 1.90. The maximum absolute atomic E-state index is 12.0. The van der Waals surface area contributed by atoms with Crippen molar-refractivity contribution in [2.75, 3.05) is 6.61 Å². The van der Waals surface area contributed by atoms with E-state index in [2.05, 4.69) is 4.74 Å². The molecule has 0 saturated carbocycles. The van der Waals surface area contributed by atoms with Crippen LogP contribution >= 0.6 is 0 Å². The number of nitrogens with two attached hydrogens (primary N) is 1. The topological polar surface area (TPSA) is 64.3 Å². The lowest BCUT2D eigenvalue weighted by Gasteiger charge is -2.17. The fourth-order valence-corrected chi connectivity index (χ4v) is 1.20. The SMILES string of the molecule is NNC(=O)C(OCC(F)(F)F)c1ccccc1. The first kappa shape index (κ1) is 13.5. The van der Waals surface area contributed by atoms with Gasteiger partial charge in [0.15, 0.2) is 6.10 Å². The second kappa shape index (κ2) is 5.65. The van der Waals surface area contributed by atoms with Crippen LogP contribution in [0.15, 0.2) is 30.3 Å². The Hall–Kier alpha value is -1.60.